The minimum atomic E-state index is -0.259. The number of nitrogens with zero attached hydrogens (tertiary/aromatic N) is 1. The lowest BCUT2D eigenvalue weighted by Gasteiger charge is -2.07. The van der Waals surface area contributed by atoms with Crippen LogP contribution < -0.4 is 15.6 Å². The second-order valence-corrected chi connectivity index (χ2v) is 4.28. The number of anilines is 1. The van der Waals surface area contributed by atoms with E-state index in [1.54, 1.807) is 31.3 Å². The van der Waals surface area contributed by atoms with Crippen molar-refractivity contribution in [2.75, 3.05) is 11.9 Å². The molecule has 104 valence electrons. The van der Waals surface area contributed by atoms with Gasteiger partial charge in [0.05, 0.1) is 12.2 Å². The number of rotatable bonds is 4. The topological polar surface area (TPSA) is 60.3 Å². The Hall–Kier alpha value is -2.56. The average Bonchev–Trinajstić information content (AvgIpc) is 2.44. The molecule has 1 aromatic heterocycles. The van der Waals surface area contributed by atoms with Gasteiger partial charge in [-0.05, 0) is 37.3 Å². The Morgan fingerprint density at radius 1 is 1.20 bits per heavy atom. The first-order valence-electron chi connectivity index (χ1n) is 6.31. The zero-order chi connectivity index (χ0) is 14.5. The fourth-order valence-corrected chi connectivity index (χ4v) is 1.73. The Morgan fingerprint density at radius 3 is 2.50 bits per heavy atom. The molecule has 5 nitrogen and oxygen atoms in total. The summed E-state index contributed by atoms with van der Waals surface area (Å²) in [6.07, 6.45) is 1.51. The predicted molar refractivity (Wildman–Crippen MR) is 77.2 cm³/mol. The number of amides is 1. The van der Waals surface area contributed by atoms with Crippen LogP contribution in [0.1, 0.15) is 17.3 Å². The highest BCUT2D eigenvalue weighted by molar-refractivity contribution is 6.04. The van der Waals surface area contributed by atoms with E-state index in [9.17, 15) is 9.59 Å². The SMILES string of the molecule is CCOc1ccc(NC(=O)c2ccc(=O)n(C)c2)cc1. The van der Waals surface area contributed by atoms with Gasteiger partial charge in [0.15, 0.2) is 0 Å². The zero-order valence-corrected chi connectivity index (χ0v) is 11.4. The zero-order valence-electron chi connectivity index (χ0n) is 11.4. The number of hydrogen-bond acceptors (Lipinski definition) is 3. The van der Waals surface area contributed by atoms with Crippen LogP contribution in [0.5, 0.6) is 5.75 Å². The predicted octanol–water partition coefficient (Wildman–Crippen LogP) is 2.04. The Morgan fingerprint density at radius 2 is 1.90 bits per heavy atom. The quantitative estimate of drug-likeness (QED) is 0.926. The molecule has 1 N–H and O–H groups in total. The van der Waals surface area contributed by atoms with E-state index in [2.05, 4.69) is 5.32 Å². The van der Waals surface area contributed by atoms with Crippen LogP contribution in [-0.4, -0.2) is 17.1 Å². The first kappa shape index (κ1) is 13.9. The van der Waals surface area contributed by atoms with Crippen molar-refractivity contribution in [2.45, 2.75) is 6.92 Å². The summed E-state index contributed by atoms with van der Waals surface area (Å²) < 4.78 is 6.70. The molecule has 0 radical (unpaired) electrons. The molecule has 0 atom stereocenters. The minimum Gasteiger partial charge on any atom is -0.494 e. The summed E-state index contributed by atoms with van der Waals surface area (Å²) in [7, 11) is 1.61. The van der Waals surface area contributed by atoms with Gasteiger partial charge in [-0.1, -0.05) is 0 Å². The van der Waals surface area contributed by atoms with Gasteiger partial charge in [-0.3, -0.25) is 9.59 Å². The molecule has 0 fully saturated rings. The third-order valence-corrected chi connectivity index (χ3v) is 2.77. The summed E-state index contributed by atoms with van der Waals surface area (Å²) in [6.45, 7) is 2.51. The van der Waals surface area contributed by atoms with Crippen molar-refractivity contribution in [3.63, 3.8) is 0 Å². The lowest BCUT2D eigenvalue weighted by Crippen LogP contribution is -2.19. The summed E-state index contributed by atoms with van der Waals surface area (Å²) in [5, 5.41) is 2.76. The summed E-state index contributed by atoms with van der Waals surface area (Å²) in [6, 6.07) is 9.99. The molecule has 0 unspecified atom stereocenters. The first-order valence-corrected chi connectivity index (χ1v) is 6.31. The summed E-state index contributed by atoms with van der Waals surface area (Å²) >= 11 is 0. The highest BCUT2D eigenvalue weighted by Gasteiger charge is 2.07. The molecular weight excluding hydrogens is 256 g/mol. The molecule has 0 saturated carbocycles. The third kappa shape index (κ3) is 3.26. The van der Waals surface area contributed by atoms with Crippen LogP contribution in [0.25, 0.3) is 0 Å². The van der Waals surface area contributed by atoms with Crippen LogP contribution in [0.3, 0.4) is 0 Å². The average molecular weight is 272 g/mol. The van der Waals surface area contributed by atoms with E-state index in [0.717, 1.165) is 5.75 Å². The molecule has 2 rings (SSSR count). The van der Waals surface area contributed by atoms with E-state index in [1.165, 1.54) is 22.9 Å². The fraction of sp³-hybridized carbons (Fsp3) is 0.200. The standard InChI is InChI=1S/C15H16N2O3/c1-3-20-13-7-5-12(6-8-13)16-15(19)11-4-9-14(18)17(2)10-11/h4-10H,3H2,1-2H3,(H,16,19). The number of ether oxygens (including phenoxy) is 1. The lowest BCUT2D eigenvalue weighted by atomic mass is 10.2. The van der Waals surface area contributed by atoms with Crippen LogP contribution in [0.15, 0.2) is 47.4 Å². The maximum Gasteiger partial charge on any atom is 0.257 e. The number of aromatic nitrogens is 1. The van der Waals surface area contributed by atoms with Crippen LogP contribution in [-0.2, 0) is 7.05 Å². The fourth-order valence-electron chi connectivity index (χ4n) is 1.73. The van der Waals surface area contributed by atoms with Crippen LogP contribution in [0.2, 0.25) is 0 Å². The van der Waals surface area contributed by atoms with E-state index in [1.807, 2.05) is 6.92 Å². The van der Waals surface area contributed by atoms with E-state index in [4.69, 9.17) is 4.74 Å². The van der Waals surface area contributed by atoms with Crippen molar-refractivity contribution in [1.29, 1.82) is 0 Å². The molecular formula is C15H16N2O3. The van der Waals surface area contributed by atoms with Gasteiger partial charge >= 0.3 is 0 Å². The molecule has 1 aromatic carbocycles. The molecule has 0 spiro atoms. The Balaban J connectivity index is 2.10. The monoisotopic (exact) mass is 272 g/mol. The smallest absolute Gasteiger partial charge is 0.257 e. The second-order valence-electron chi connectivity index (χ2n) is 4.28. The largest absolute Gasteiger partial charge is 0.494 e. The summed E-state index contributed by atoms with van der Waals surface area (Å²) in [5.41, 5.74) is 0.955. The van der Waals surface area contributed by atoms with Crippen molar-refractivity contribution in [3.8, 4) is 5.75 Å². The molecule has 1 amide bonds. The molecule has 1 heterocycles. The number of benzene rings is 1. The van der Waals surface area contributed by atoms with E-state index < -0.39 is 0 Å². The number of pyridine rings is 1. The molecule has 2 aromatic rings. The van der Waals surface area contributed by atoms with Crippen molar-refractivity contribution in [2.24, 2.45) is 7.05 Å². The van der Waals surface area contributed by atoms with E-state index >= 15 is 0 Å². The van der Waals surface area contributed by atoms with Crippen molar-refractivity contribution in [1.82, 2.24) is 4.57 Å². The van der Waals surface area contributed by atoms with Gasteiger partial charge in [0.25, 0.3) is 5.91 Å². The van der Waals surface area contributed by atoms with Crippen molar-refractivity contribution < 1.29 is 9.53 Å². The molecule has 0 saturated heterocycles. The first-order chi connectivity index (χ1) is 9.60. The number of carbonyl (C=O) groups is 1. The van der Waals surface area contributed by atoms with Crippen molar-refractivity contribution >= 4 is 11.6 Å². The highest BCUT2D eigenvalue weighted by Crippen LogP contribution is 2.16. The summed E-state index contributed by atoms with van der Waals surface area (Å²) in [4.78, 5) is 23.3. The van der Waals surface area contributed by atoms with Gasteiger partial charge < -0.3 is 14.6 Å². The van der Waals surface area contributed by atoms with Crippen molar-refractivity contribution in [3.05, 3.63) is 58.5 Å². The molecule has 20 heavy (non-hydrogen) atoms. The second kappa shape index (κ2) is 6.06. The van der Waals surface area contributed by atoms with E-state index in [-0.39, 0.29) is 11.5 Å². The lowest BCUT2D eigenvalue weighted by molar-refractivity contribution is 0.102. The number of carbonyl (C=O) groups excluding carboxylic acids is 1. The Kier molecular flexibility index (Phi) is 4.20. The van der Waals surface area contributed by atoms with E-state index in [0.29, 0.717) is 17.9 Å². The maximum atomic E-state index is 12.0. The minimum absolute atomic E-state index is 0.150. The maximum absolute atomic E-state index is 12.0. The van der Waals surface area contributed by atoms with Gasteiger partial charge in [-0.25, -0.2) is 0 Å². The van der Waals surface area contributed by atoms with Gasteiger partial charge in [0.2, 0.25) is 5.56 Å². The Labute approximate surface area is 116 Å². The molecule has 0 aliphatic heterocycles. The third-order valence-electron chi connectivity index (χ3n) is 2.77. The van der Waals surface area contributed by atoms with Gasteiger partial charge in [0, 0.05) is 25.0 Å². The molecule has 0 bridgehead atoms. The van der Waals surface area contributed by atoms with Crippen LogP contribution >= 0.6 is 0 Å². The van der Waals surface area contributed by atoms with Gasteiger partial charge in [0.1, 0.15) is 5.75 Å². The molecule has 0 aliphatic carbocycles. The molecule has 0 aliphatic rings. The number of hydrogen-bond donors (Lipinski definition) is 1. The van der Waals surface area contributed by atoms with Crippen LogP contribution in [0, 0.1) is 0 Å². The summed E-state index contributed by atoms with van der Waals surface area (Å²) in [5.74, 6) is 0.498. The number of aryl methyl sites for hydroxylation is 1. The van der Waals surface area contributed by atoms with Crippen LogP contribution in [0.4, 0.5) is 5.69 Å². The normalized spacial score (nSPS) is 10.1. The number of nitrogens with one attached hydrogen (secondary N) is 1. The Bertz CT molecular complexity index is 660. The van der Waals surface area contributed by atoms with Gasteiger partial charge in [-0.2, -0.15) is 0 Å². The molecule has 5 heteroatoms. The highest BCUT2D eigenvalue weighted by atomic mass is 16.5. The van der Waals surface area contributed by atoms with Gasteiger partial charge in [-0.15, -0.1) is 0 Å².